The Labute approximate surface area is 130 Å². The number of hydrogen-bond acceptors (Lipinski definition) is 2. The van der Waals surface area contributed by atoms with Gasteiger partial charge < -0.3 is 9.88 Å². The number of rotatable bonds is 4. The predicted octanol–water partition coefficient (Wildman–Crippen LogP) is 2.28. The van der Waals surface area contributed by atoms with Crippen LogP contribution in [0.1, 0.15) is 32.7 Å². The van der Waals surface area contributed by atoms with Crippen molar-refractivity contribution in [3.63, 3.8) is 0 Å². The molecule has 116 valence electrons. The summed E-state index contributed by atoms with van der Waals surface area (Å²) in [6, 6.07) is 9.95. The molecular formula is C18H22N2O2. The maximum Gasteiger partial charge on any atom is 0.263 e. The summed E-state index contributed by atoms with van der Waals surface area (Å²) >= 11 is 0. The van der Waals surface area contributed by atoms with Crippen molar-refractivity contribution in [2.24, 2.45) is 7.05 Å². The lowest BCUT2D eigenvalue weighted by Gasteiger charge is -2.14. The van der Waals surface area contributed by atoms with Crippen LogP contribution in [0.3, 0.4) is 0 Å². The van der Waals surface area contributed by atoms with E-state index in [4.69, 9.17) is 0 Å². The highest BCUT2D eigenvalue weighted by Gasteiger charge is 2.18. The van der Waals surface area contributed by atoms with Crippen LogP contribution in [-0.2, 0) is 13.5 Å². The SMILES string of the molecule is Cc1c(C)c(C)n(C)c(=O)c1C(=O)NCCc1ccccc1. The van der Waals surface area contributed by atoms with E-state index in [1.807, 2.05) is 51.1 Å². The van der Waals surface area contributed by atoms with Gasteiger partial charge in [-0.1, -0.05) is 30.3 Å². The molecule has 0 bridgehead atoms. The fraction of sp³-hybridized carbons (Fsp3) is 0.333. The Bertz CT molecular complexity index is 746. The van der Waals surface area contributed by atoms with Gasteiger partial charge in [0.2, 0.25) is 0 Å². The predicted molar refractivity (Wildman–Crippen MR) is 88.4 cm³/mol. The molecule has 2 aromatic rings. The molecule has 1 amide bonds. The lowest BCUT2D eigenvalue weighted by atomic mass is 10.0. The van der Waals surface area contributed by atoms with E-state index in [1.54, 1.807) is 7.05 Å². The topological polar surface area (TPSA) is 51.1 Å². The van der Waals surface area contributed by atoms with Gasteiger partial charge in [0.25, 0.3) is 11.5 Å². The minimum absolute atomic E-state index is 0.238. The van der Waals surface area contributed by atoms with E-state index in [-0.39, 0.29) is 17.0 Å². The lowest BCUT2D eigenvalue weighted by Crippen LogP contribution is -2.35. The van der Waals surface area contributed by atoms with E-state index in [0.29, 0.717) is 6.54 Å². The van der Waals surface area contributed by atoms with Crippen molar-refractivity contribution in [1.82, 2.24) is 9.88 Å². The molecule has 22 heavy (non-hydrogen) atoms. The molecule has 0 fully saturated rings. The van der Waals surface area contributed by atoms with Crippen LogP contribution >= 0.6 is 0 Å². The second kappa shape index (κ2) is 6.60. The van der Waals surface area contributed by atoms with E-state index in [2.05, 4.69) is 5.32 Å². The van der Waals surface area contributed by atoms with Gasteiger partial charge in [-0.15, -0.1) is 0 Å². The zero-order valence-electron chi connectivity index (χ0n) is 13.6. The standard InChI is InChI=1S/C18H22N2O2/c1-12-13(2)16(18(22)20(4)14(12)3)17(21)19-11-10-15-8-6-5-7-9-15/h5-9H,10-11H2,1-4H3,(H,19,21). The highest BCUT2D eigenvalue weighted by Crippen LogP contribution is 2.13. The van der Waals surface area contributed by atoms with E-state index in [1.165, 1.54) is 4.57 Å². The quantitative estimate of drug-likeness (QED) is 0.941. The zero-order chi connectivity index (χ0) is 16.3. The van der Waals surface area contributed by atoms with Gasteiger partial charge in [0.05, 0.1) is 0 Å². The molecule has 0 aliphatic rings. The fourth-order valence-corrected chi connectivity index (χ4v) is 2.51. The minimum Gasteiger partial charge on any atom is -0.352 e. The zero-order valence-corrected chi connectivity index (χ0v) is 13.6. The molecular weight excluding hydrogens is 276 g/mol. The number of nitrogens with one attached hydrogen (secondary N) is 1. The molecule has 0 saturated carbocycles. The lowest BCUT2D eigenvalue weighted by molar-refractivity contribution is 0.0951. The first-order valence-electron chi connectivity index (χ1n) is 7.42. The molecule has 0 radical (unpaired) electrons. The number of pyridine rings is 1. The fourth-order valence-electron chi connectivity index (χ4n) is 2.51. The Balaban J connectivity index is 2.15. The van der Waals surface area contributed by atoms with Gasteiger partial charge >= 0.3 is 0 Å². The molecule has 1 N–H and O–H groups in total. The van der Waals surface area contributed by atoms with Crippen LogP contribution in [0.2, 0.25) is 0 Å². The first-order valence-corrected chi connectivity index (χ1v) is 7.42. The summed E-state index contributed by atoms with van der Waals surface area (Å²) in [6.45, 7) is 6.17. The summed E-state index contributed by atoms with van der Waals surface area (Å²) in [5.74, 6) is -0.294. The van der Waals surface area contributed by atoms with Crippen molar-refractivity contribution in [3.8, 4) is 0 Å². The van der Waals surface area contributed by atoms with Crippen molar-refractivity contribution in [2.75, 3.05) is 6.54 Å². The molecule has 2 rings (SSSR count). The average molecular weight is 298 g/mol. The van der Waals surface area contributed by atoms with Crippen molar-refractivity contribution >= 4 is 5.91 Å². The molecule has 0 spiro atoms. The number of hydrogen-bond donors (Lipinski definition) is 1. The van der Waals surface area contributed by atoms with Gasteiger partial charge in [-0.05, 0) is 43.9 Å². The molecule has 0 aliphatic carbocycles. The van der Waals surface area contributed by atoms with Crippen LogP contribution in [0.4, 0.5) is 0 Å². The molecule has 0 atom stereocenters. The number of nitrogens with zero attached hydrogens (tertiary/aromatic N) is 1. The van der Waals surface area contributed by atoms with Crippen LogP contribution in [0.5, 0.6) is 0 Å². The van der Waals surface area contributed by atoms with E-state index >= 15 is 0 Å². The molecule has 1 aromatic carbocycles. The molecule has 4 heteroatoms. The molecule has 0 unspecified atom stereocenters. The summed E-state index contributed by atoms with van der Waals surface area (Å²) in [5, 5.41) is 2.85. The van der Waals surface area contributed by atoms with E-state index < -0.39 is 0 Å². The Kier molecular flexibility index (Phi) is 4.81. The van der Waals surface area contributed by atoms with Gasteiger partial charge in [-0.3, -0.25) is 9.59 Å². The normalized spacial score (nSPS) is 10.5. The molecule has 0 aliphatic heterocycles. The first kappa shape index (κ1) is 16.0. The van der Waals surface area contributed by atoms with Gasteiger partial charge in [-0.25, -0.2) is 0 Å². The smallest absolute Gasteiger partial charge is 0.263 e. The van der Waals surface area contributed by atoms with Crippen LogP contribution in [0.25, 0.3) is 0 Å². The summed E-state index contributed by atoms with van der Waals surface area (Å²) in [7, 11) is 1.70. The van der Waals surface area contributed by atoms with Gasteiger partial charge in [0.15, 0.2) is 0 Å². The third-order valence-electron chi connectivity index (χ3n) is 4.27. The number of aromatic nitrogens is 1. The Morgan fingerprint density at radius 3 is 2.36 bits per heavy atom. The first-order chi connectivity index (χ1) is 10.4. The van der Waals surface area contributed by atoms with E-state index in [9.17, 15) is 9.59 Å². The Morgan fingerprint density at radius 1 is 1.09 bits per heavy atom. The van der Waals surface area contributed by atoms with Crippen LogP contribution < -0.4 is 10.9 Å². The maximum absolute atomic E-state index is 12.4. The summed E-state index contributed by atoms with van der Waals surface area (Å²) in [5.41, 5.74) is 3.81. The Morgan fingerprint density at radius 2 is 1.73 bits per heavy atom. The molecule has 4 nitrogen and oxygen atoms in total. The minimum atomic E-state index is -0.294. The maximum atomic E-state index is 12.4. The van der Waals surface area contributed by atoms with Crippen molar-refractivity contribution in [2.45, 2.75) is 27.2 Å². The number of amides is 1. The van der Waals surface area contributed by atoms with Crippen molar-refractivity contribution in [1.29, 1.82) is 0 Å². The van der Waals surface area contributed by atoms with Crippen molar-refractivity contribution < 1.29 is 4.79 Å². The molecule has 0 saturated heterocycles. The highest BCUT2D eigenvalue weighted by molar-refractivity contribution is 5.95. The Hall–Kier alpha value is -2.36. The summed E-state index contributed by atoms with van der Waals surface area (Å²) < 4.78 is 1.54. The average Bonchev–Trinajstić information content (AvgIpc) is 2.52. The summed E-state index contributed by atoms with van der Waals surface area (Å²) in [4.78, 5) is 24.7. The molecule has 1 aromatic heterocycles. The van der Waals surface area contributed by atoms with Gasteiger partial charge in [-0.2, -0.15) is 0 Å². The third-order valence-corrected chi connectivity index (χ3v) is 4.27. The van der Waals surface area contributed by atoms with Gasteiger partial charge in [0.1, 0.15) is 5.56 Å². The third kappa shape index (κ3) is 3.11. The van der Waals surface area contributed by atoms with Crippen LogP contribution in [0, 0.1) is 20.8 Å². The number of benzene rings is 1. The van der Waals surface area contributed by atoms with Crippen molar-refractivity contribution in [3.05, 3.63) is 68.6 Å². The second-order valence-electron chi connectivity index (χ2n) is 5.57. The summed E-state index contributed by atoms with van der Waals surface area (Å²) in [6.07, 6.45) is 0.747. The monoisotopic (exact) mass is 298 g/mol. The van der Waals surface area contributed by atoms with Gasteiger partial charge in [0, 0.05) is 19.3 Å². The number of carbonyl (C=O) groups excluding carboxylic acids is 1. The number of carbonyl (C=O) groups is 1. The largest absolute Gasteiger partial charge is 0.352 e. The van der Waals surface area contributed by atoms with Crippen LogP contribution in [0.15, 0.2) is 35.1 Å². The van der Waals surface area contributed by atoms with Crippen LogP contribution in [-0.4, -0.2) is 17.0 Å². The molecule has 1 heterocycles. The second-order valence-corrected chi connectivity index (χ2v) is 5.57. The highest BCUT2D eigenvalue weighted by atomic mass is 16.2. The van der Waals surface area contributed by atoms with E-state index in [0.717, 1.165) is 28.8 Å².